The first-order valence-corrected chi connectivity index (χ1v) is 6.61. The number of fused-ring (bicyclic) bond motifs is 1. The lowest BCUT2D eigenvalue weighted by atomic mass is 10.2. The van der Waals surface area contributed by atoms with Crippen LogP contribution in [-0.2, 0) is 6.42 Å². The van der Waals surface area contributed by atoms with E-state index in [1.165, 1.54) is 4.88 Å². The van der Waals surface area contributed by atoms with Gasteiger partial charge in [-0.3, -0.25) is 0 Å². The predicted molar refractivity (Wildman–Crippen MR) is 73.6 cm³/mol. The second-order valence-electron chi connectivity index (χ2n) is 4.11. The molecule has 18 heavy (non-hydrogen) atoms. The zero-order chi connectivity index (χ0) is 12.7. The molecule has 3 heterocycles. The van der Waals surface area contributed by atoms with Crippen molar-refractivity contribution in [2.75, 3.05) is 5.73 Å². The molecule has 0 spiro atoms. The molecule has 0 amide bonds. The van der Waals surface area contributed by atoms with Gasteiger partial charge >= 0.3 is 0 Å². The maximum atomic E-state index is 6.01. The molecule has 0 aliphatic carbocycles. The van der Waals surface area contributed by atoms with Crippen LogP contribution in [0.4, 0.5) is 5.82 Å². The zero-order valence-corrected chi connectivity index (χ0v) is 11.0. The van der Waals surface area contributed by atoms with Crippen molar-refractivity contribution in [1.82, 2.24) is 9.97 Å². The fourth-order valence-electron chi connectivity index (χ4n) is 1.91. The van der Waals surface area contributed by atoms with Crippen molar-refractivity contribution in [2.45, 2.75) is 20.3 Å². The highest BCUT2D eigenvalue weighted by Gasteiger charge is 2.13. The lowest BCUT2D eigenvalue weighted by Gasteiger charge is -2.00. The highest BCUT2D eigenvalue weighted by molar-refractivity contribution is 7.18. The minimum absolute atomic E-state index is 0.534. The van der Waals surface area contributed by atoms with Crippen LogP contribution in [0.3, 0.4) is 0 Å². The third-order valence-corrected chi connectivity index (χ3v) is 4.09. The number of aromatic nitrogens is 2. The van der Waals surface area contributed by atoms with E-state index in [1.54, 1.807) is 17.6 Å². The lowest BCUT2D eigenvalue weighted by molar-refractivity contribution is 0.535. The van der Waals surface area contributed by atoms with E-state index >= 15 is 0 Å². The number of nitrogens with zero attached hydrogens (tertiary/aromatic N) is 2. The Balaban J connectivity index is 2.23. The number of furan rings is 1. The van der Waals surface area contributed by atoms with Crippen molar-refractivity contribution in [3.05, 3.63) is 29.0 Å². The molecule has 3 rings (SSSR count). The zero-order valence-electron chi connectivity index (χ0n) is 10.2. The van der Waals surface area contributed by atoms with E-state index in [2.05, 4.69) is 23.0 Å². The molecule has 92 valence electrons. The maximum Gasteiger partial charge on any atom is 0.166 e. The number of aryl methyl sites for hydroxylation is 2. The number of anilines is 1. The normalized spacial score (nSPS) is 11.2. The van der Waals surface area contributed by atoms with Crippen LogP contribution >= 0.6 is 11.3 Å². The minimum Gasteiger partial charge on any atom is -0.469 e. The van der Waals surface area contributed by atoms with Crippen LogP contribution in [0.2, 0.25) is 0 Å². The topological polar surface area (TPSA) is 64.9 Å². The minimum atomic E-state index is 0.534. The first-order valence-electron chi connectivity index (χ1n) is 5.79. The van der Waals surface area contributed by atoms with Crippen molar-refractivity contribution in [1.29, 1.82) is 0 Å². The molecule has 3 aromatic heterocycles. The average molecular weight is 259 g/mol. The predicted octanol–water partition coefficient (Wildman–Crippen LogP) is 3.40. The SMILES string of the molecule is CCc1cc2c(N)nc(-c3ccoc3C)nc2s1. The second-order valence-corrected chi connectivity index (χ2v) is 5.22. The molecule has 0 aliphatic rings. The van der Waals surface area contributed by atoms with Crippen molar-refractivity contribution in [3.8, 4) is 11.4 Å². The van der Waals surface area contributed by atoms with Gasteiger partial charge in [0.05, 0.1) is 17.2 Å². The van der Waals surface area contributed by atoms with Gasteiger partial charge in [0.2, 0.25) is 0 Å². The molecule has 2 N–H and O–H groups in total. The Labute approximate surface area is 108 Å². The fourth-order valence-corrected chi connectivity index (χ4v) is 2.88. The number of nitrogens with two attached hydrogens (primary N) is 1. The van der Waals surface area contributed by atoms with Gasteiger partial charge in [-0.1, -0.05) is 6.92 Å². The first-order chi connectivity index (χ1) is 8.69. The molecule has 0 saturated carbocycles. The van der Waals surface area contributed by atoms with Gasteiger partial charge in [0.15, 0.2) is 5.82 Å². The average Bonchev–Trinajstić information content (AvgIpc) is 2.94. The summed E-state index contributed by atoms with van der Waals surface area (Å²) < 4.78 is 5.28. The summed E-state index contributed by atoms with van der Waals surface area (Å²) >= 11 is 1.67. The molecule has 0 aliphatic heterocycles. The van der Waals surface area contributed by atoms with E-state index < -0.39 is 0 Å². The van der Waals surface area contributed by atoms with Gasteiger partial charge in [-0.2, -0.15) is 0 Å². The third kappa shape index (κ3) is 1.67. The summed E-state index contributed by atoms with van der Waals surface area (Å²) in [4.78, 5) is 11.2. The van der Waals surface area contributed by atoms with Crippen LogP contribution in [-0.4, -0.2) is 9.97 Å². The number of hydrogen-bond donors (Lipinski definition) is 1. The van der Waals surface area contributed by atoms with Crippen LogP contribution in [0.15, 0.2) is 22.8 Å². The summed E-state index contributed by atoms with van der Waals surface area (Å²) in [7, 11) is 0. The van der Waals surface area contributed by atoms with E-state index in [0.717, 1.165) is 28.0 Å². The second kappa shape index (κ2) is 4.10. The van der Waals surface area contributed by atoms with Crippen molar-refractivity contribution >= 4 is 27.4 Å². The van der Waals surface area contributed by atoms with Crippen molar-refractivity contribution < 1.29 is 4.42 Å². The molecule has 0 unspecified atom stereocenters. The first kappa shape index (κ1) is 11.2. The lowest BCUT2D eigenvalue weighted by Crippen LogP contribution is -1.96. The molecule has 0 atom stereocenters. The molecular weight excluding hydrogens is 246 g/mol. The highest BCUT2D eigenvalue weighted by Crippen LogP contribution is 2.31. The van der Waals surface area contributed by atoms with Gasteiger partial charge in [0, 0.05) is 4.88 Å². The van der Waals surface area contributed by atoms with Gasteiger partial charge in [-0.25, -0.2) is 9.97 Å². The van der Waals surface area contributed by atoms with Crippen LogP contribution in [0, 0.1) is 6.92 Å². The van der Waals surface area contributed by atoms with Crippen LogP contribution in [0.1, 0.15) is 17.6 Å². The standard InChI is InChI=1S/C13H13N3OS/c1-3-8-6-10-11(14)15-12(16-13(10)18-8)9-4-5-17-7(9)2/h4-6H,3H2,1-2H3,(H2,14,15,16). The van der Waals surface area contributed by atoms with Gasteiger partial charge in [0.1, 0.15) is 16.4 Å². The van der Waals surface area contributed by atoms with E-state index in [1.807, 2.05) is 13.0 Å². The maximum absolute atomic E-state index is 6.01. The molecule has 0 aromatic carbocycles. The van der Waals surface area contributed by atoms with E-state index in [0.29, 0.717) is 11.6 Å². The van der Waals surface area contributed by atoms with E-state index in [4.69, 9.17) is 10.2 Å². The Kier molecular flexibility index (Phi) is 2.56. The summed E-state index contributed by atoms with van der Waals surface area (Å²) in [6, 6.07) is 3.94. The van der Waals surface area contributed by atoms with Crippen molar-refractivity contribution in [3.63, 3.8) is 0 Å². The molecule has 3 aromatic rings. The Bertz CT molecular complexity index is 714. The van der Waals surface area contributed by atoms with Crippen LogP contribution in [0.25, 0.3) is 21.6 Å². The molecule has 0 radical (unpaired) electrons. The summed E-state index contributed by atoms with van der Waals surface area (Å²) in [5, 5.41) is 0.946. The number of hydrogen-bond acceptors (Lipinski definition) is 5. The Morgan fingerprint density at radius 2 is 2.22 bits per heavy atom. The summed E-state index contributed by atoms with van der Waals surface area (Å²) in [6.45, 7) is 4.01. The molecule has 5 heteroatoms. The van der Waals surface area contributed by atoms with Gasteiger partial charge in [-0.05, 0) is 25.5 Å². The monoisotopic (exact) mass is 259 g/mol. The van der Waals surface area contributed by atoms with Gasteiger partial charge < -0.3 is 10.2 Å². The molecule has 0 saturated heterocycles. The molecule has 0 bridgehead atoms. The van der Waals surface area contributed by atoms with Crippen molar-refractivity contribution in [2.24, 2.45) is 0 Å². The van der Waals surface area contributed by atoms with E-state index in [-0.39, 0.29) is 0 Å². The largest absolute Gasteiger partial charge is 0.469 e. The summed E-state index contributed by atoms with van der Waals surface area (Å²) in [5.41, 5.74) is 6.90. The van der Waals surface area contributed by atoms with Gasteiger partial charge in [0.25, 0.3) is 0 Å². The van der Waals surface area contributed by atoms with E-state index in [9.17, 15) is 0 Å². The summed E-state index contributed by atoms with van der Waals surface area (Å²) in [5.74, 6) is 1.98. The van der Waals surface area contributed by atoms with Crippen LogP contribution < -0.4 is 5.73 Å². The number of thiophene rings is 1. The molecular formula is C13H13N3OS. The quantitative estimate of drug-likeness (QED) is 0.766. The molecule has 4 nitrogen and oxygen atoms in total. The Hall–Kier alpha value is -1.88. The Morgan fingerprint density at radius 1 is 1.39 bits per heavy atom. The summed E-state index contributed by atoms with van der Waals surface area (Å²) in [6.07, 6.45) is 2.63. The third-order valence-electron chi connectivity index (χ3n) is 2.92. The number of rotatable bonds is 2. The fraction of sp³-hybridized carbons (Fsp3) is 0.231. The Morgan fingerprint density at radius 3 is 2.89 bits per heavy atom. The number of nitrogen functional groups attached to an aromatic ring is 1. The highest BCUT2D eigenvalue weighted by atomic mass is 32.1. The van der Waals surface area contributed by atoms with Gasteiger partial charge in [-0.15, -0.1) is 11.3 Å². The smallest absolute Gasteiger partial charge is 0.166 e. The van der Waals surface area contributed by atoms with Crippen LogP contribution in [0.5, 0.6) is 0 Å². The molecule has 0 fully saturated rings.